The van der Waals surface area contributed by atoms with Gasteiger partial charge in [-0.25, -0.2) is 8.42 Å². The molecule has 0 atom stereocenters. The van der Waals surface area contributed by atoms with Crippen LogP contribution in [-0.2, 0) is 10.0 Å². The van der Waals surface area contributed by atoms with Gasteiger partial charge in [-0.15, -0.1) is 11.8 Å². The number of benzene rings is 2. The first kappa shape index (κ1) is 21.2. The van der Waals surface area contributed by atoms with Crippen molar-refractivity contribution >= 4 is 45.0 Å². The molecule has 3 rings (SSSR count). The lowest BCUT2D eigenvalue weighted by Crippen LogP contribution is -2.32. The van der Waals surface area contributed by atoms with Crippen molar-refractivity contribution in [2.45, 2.75) is 35.5 Å². The molecule has 1 fully saturated rings. The second kappa shape index (κ2) is 9.31. The van der Waals surface area contributed by atoms with Crippen LogP contribution in [0.1, 0.15) is 36.0 Å². The summed E-state index contributed by atoms with van der Waals surface area (Å²) < 4.78 is 27.6. The monoisotopic (exact) mass is 438 g/mol. The van der Waals surface area contributed by atoms with E-state index in [0.717, 1.165) is 30.6 Å². The van der Waals surface area contributed by atoms with E-state index >= 15 is 0 Å². The Labute approximate surface area is 175 Å². The number of sulfonamides is 1. The van der Waals surface area contributed by atoms with Crippen LogP contribution in [0.3, 0.4) is 0 Å². The number of nitrogens with one attached hydrogen (secondary N) is 1. The maximum atomic E-state index is 13.1. The Balaban J connectivity index is 1.84. The van der Waals surface area contributed by atoms with Gasteiger partial charge in [0.2, 0.25) is 10.0 Å². The fourth-order valence-corrected chi connectivity index (χ4v) is 5.57. The number of halogens is 1. The van der Waals surface area contributed by atoms with E-state index in [-0.39, 0.29) is 21.4 Å². The van der Waals surface area contributed by atoms with Gasteiger partial charge in [0.15, 0.2) is 0 Å². The van der Waals surface area contributed by atoms with Crippen molar-refractivity contribution in [3.63, 3.8) is 0 Å². The van der Waals surface area contributed by atoms with Crippen LogP contribution >= 0.6 is 23.4 Å². The van der Waals surface area contributed by atoms with Gasteiger partial charge in [0.1, 0.15) is 4.90 Å². The van der Waals surface area contributed by atoms with Crippen LogP contribution in [0.2, 0.25) is 5.02 Å². The number of hydrogen-bond acceptors (Lipinski definition) is 4. The average molecular weight is 439 g/mol. The average Bonchev–Trinajstić information content (AvgIpc) is 2.99. The van der Waals surface area contributed by atoms with Crippen molar-refractivity contribution in [2.24, 2.45) is 0 Å². The van der Waals surface area contributed by atoms with Crippen LogP contribution in [0, 0.1) is 0 Å². The first-order chi connectivity index (χ1) is 13.4. The van der Waals surface area contributed by atoms with Crippen LogP contribution in [0.5, 0.6) is 0 Å². The first-order valence-corrected chi connectivity index (χ1v) is 12.2. The molecule has 1 saturated heterocycles. The number of anilines is 1. The normalized spacial score (nSPS) is 15.8. The van der Waals surface area contributed by atoms with E-state index in [2.05, 4.69) is 5.32 Å². The molecule has 5 nitrogen and oxygen atoms in total. The molecule has 2 aromatic rings. The summed E-state index contributed by atoms with van der Waals surface area (Å²) in [6, 6.07) is 11.8. The van der Waals surface area contributed by atoms with Crippen molar-refractivity contribution < 1.29 is 13.2 Å². The van der Waals surface area contributed by atoms with Crippen molar-refractivity contribution in [2.75, 3.05) is 24.7 Å². The summed E-state index contributed by atoms with van der Waals surface area (Å²) in [7, 11) is -3.74. The van der Waals surface area contributed by atoms with E-state index in [0.29, 0.717) is 18.8 Å². The SMILES string of the molecule is CSc1ccc(NC(=O)c2ccc(Cl)c(S(=O)(=O)N3CCCCCC3)c2)cc1. The largest absolute Gasteiger partial charge is 0.322 e. The smallest absolute Gasteiger partial charge is 0.255 e. The summed E-state index contributed by atoms with van der Waals surface area (Å²) in [6.45, 7) is 0.966. The summed E-state index contributed by atoms with van der Waals surface area (Å²) in [4.78, 5) is 13.7. The Kier molecular flexibility index (Phi) is 7.04. The van der Waals surface area contributed by atoms with Crippen LogP contribution in [0.25, 0.3) is 0 Å². The second-order valence-corrected chi connectivity index (χ2v) is 9.84. The van der Waals surface area contributed by atoms with Crippen LogP contribution in [-0.4, -0.2) is 38.0 Å². The highest BCUT2D eigenvalue weighted by atomic mass is 35.5. The highest BCUT2D eigenvalue weighted by molar-refractivity contribution is 7.98. The van der Waals surface area contributed by atoms with Crippen molar-refractivity contribution in [1.82, 2.24) is 4.31 Å². The highest BCUT2D eigenvalue weighted by Gasteiger charge is 2.28. The standard InChI is InChI=1S/C20H23ClN2O3S2/c1-27-17-9-7-16(8-10-17)22-20(24)15-6-11-18(21)19(14-15)28(25,26)23-12-4-2-3-5-13-23/h6-11,14H,2-5,12-13H2,1H3,(H,22,24). The van der Waals surface area contributed by atoms with Gasteiger partial charge in [0.25, 0.3) is 5.91 Å². The third-order valence-corrected chi connectivity index (χ3v) is 7.85. The maximum absolute atomic E-state index is 13.1. The quantitative estimate of drug-likeness (QED) is 0.675. The lowest BCUT2D eigenvalue weighted by molar-refractivity contribution is 0.102. The number of rotatable bonds is 5. The predicted molar refractivity (Wildman–Crippen MR) is 115 cm³/mol. The maximum Gasteiger partial charge on any atom is 0.255 e. The number of carbonyl (C=O) groups is 1. The predicted octanol–water partition coefficient (Wildman–Crippen LogP) is 4.88. The third-order valence-electron chi connectivity index (χ3n) is 4.72. The lowest BCUT2D eigenvalue weighted by Gasteiger charge is -2.21. The summed E-state index contributed by atoms with van der Waals surface area (Å²) in [5.41, 5.74) is 0.904. The Morgan fingerprint density at radius 3 is 2.29 bits per heavy atom. The molecule has 28 heavy (non-hydrogen) atoms. The van der Waals surface area contributed by atoms with E-state index in [9.17, 15) is 13.2 Å². The minimum absolute atomic E-state index is 0.0125. The van der Waals surface area contributed by atoms with Gasteiger partial charge in [0, 0.05) is 29.2 Å². The lowest BCUT2D eigenvalue weighted by atomic mass is 10.2. The van der Waals surface area contributed by atoms with Gasteiger partial charge < -0.3 is 5.32 Å². The molecule has 1 heterocycles. The van der Waals surface area contributed by atoms with Gasteiger partial charge in [-0.1, -0.05) is 24.4 Å². The van der Waals surface area contributed by atoms with E-state index in [1.54, 1.807) is 11.8 Å². The van der Waals surface area contributed by atoms with E-state index in [1.807, 2.05) is 30.5 Å². The Hall–Kier alpha value is -1.54. The zero-order chi connectivity index (χ0) is 20.1. The Morgan fingerprint density at radius 2 is 1.68 bits per heavy atom. The second-order valence-electron chi connectivity index (χ2n) is 6.65. The molecule has 0 bridgehead atoms. The van der Waals surface area contributed by atoms with Crippen LogP contribution in [0.4, 0.5) is 5.69 Å². The molecule has 150 valence electrons. The van der Waals surface area contributed by atoms with Crippen LogP contribution in [0.15, 0.2) is 52.3 Å². The molecule has 1 aliphatic heterocycles. The van der Waals surface area contributed by atoms with Crippen molar-refractivity contribution in [3.05, 3.63) is 53.1 Å². The number of thioether (sulfide) groups is 1. The van der Waals surface area contributed by atoms with Gasteiger partial charge in [0.05, 0.1) is 5.02 Å². The fraction of sp³-hybridized carbons (Fsp3) is 0.350. The van der Waals surface area contributed by atoms with Gasteiger partial charge in [-0.05, 0) is 61.6 Å². The summed E-state index contributed by atoms with van der Waals surface area (Å²) in [5, 5.41) is 2.93. The molecule has 8 heteroatoms. The van der Waals surface area contributed by atoms with Crippen molar-refractivity contribution in [1.29, 1.82) is 0 Å². The Morgan fingerprint density at radius 1 is 1.04 bits per heavy atom. The molecule has 1 N–H and O–H groups in total. The van der Waals surface area contributed by atoms with E-state index in [1.165, 1.54) is 22.5 Å². The highest BCUT2D eigenvalue weighted by Crippen LogP contribution is 2.28. The molecule has 1 amide bonds. The Bertz CT molecular complexity index is 938. The zero-order valence-electron chi connectivity index (χ0n) is 15.7. The minimum Gasteiger partial charge on any atom is -0.322 e. The molecular formula is C20H23ClN2O3S2. The molecular weight excluding hydrogens is 416 g/mol. The van der Waals surface area contributed by atoms with Gasteiger partial charge >= 0.3 is 0 Å². The molecule has 1 aliphatic rings. The molecule has 0 aromatic heterocycles. The zero-order valence-corrected chi connectivity index (χ0v) is 18.0. The number of carbonyl (C=O) groups excluding carboxylic acids is 1. The summed E-state index contributed by atoms with van der Waals surface area (Å²) in [5.74, 6) is -0.374. The number of nitrogens with zero attached hydrogens (tertiary/aromatic N) is 1. The van der Waals surface area contributed by atoms with E-state index in [4.69, 9.17) is 11.6 Å². The molecule has 0 unspecified atom stereocenters. The fourth-order valence-electron chi connectivity index (χ4n) is 3.14. The van der Waals surface area contributed by atoms with Gasteiger partial charge in [-0.3, -0.25) is 4.79 Å². The van der Waals surface area contributed by atoms with Gasteiger partial charge in [-0.2, -0.15) is 4.31 Å². The number of hydrogen-bond donors (Lipinski definition) is 1. The molecule has 0 aliphatic carbocycles. The van der Waals surface area contributed by atoms with E-state index < -0.39 is 10.0 Å². The summed E-state index contributed by atoms with van der Waals surface area (Å²) >= 11 is 7.81. The molecule has 0 saturated carbocycles. The number of amides is 1. The van der Waals surface area contributed by atoms with Crippen molar-refractivity contribution in [3.8, 4) is 0 Å². The first-order valence-electron chi connectivity index (χ1n) is 9.17. The van der Waals surface area contributed by atoms with Crippen LogP contribution < -0.4 is 5.32 Å². The topological polar surface area (TPSA) is 66.5 Å². The summed E-state index contributed by atoms with van der Waals surface area (Å²) in [6.07, 6.45) is 5.70. The third kappa shape index (κ3) is 4.89. The molecule has 0 radical (unpaired) electrons. The molecule has 2 aromatic carbocycles. The molecule has 0 spiro atoms. The minimum atomic E-state index is -3.74.